The van der Waals surface area contributed by atoms with E-state index in [4.69, 9.17) is 43.7 Å². The van der Waals surface area contributed by atoms with Gasteiger partial charge in [-0.05, 0) is 12.8 Å². The fraction of sp³-hybridized carbons (Fsp3) is 1.00. The fourth-order valence-electron chi connectivity index (χ4n) is 2.66. The molecule has 8 nitrogen and oxygen atoms in total. The highest BCUT2D eigenvalue weighted by atomic mass is 31.2. The summed E-state index contributed by atoms with van der Waals surface area (Å²) in [7, 11) is 10.1. The number of ether oxygens (including phenoxy) is 4. The first-order valence-corrected chi connectivity index (χ1v) is 8.83. The van der Waals surface area contributed by atoms with E-state index >= 15 is 0 Å². The maximum atomic E-state index is 11.9. The van der Waals surface area contributed by atoms with Gasteiger partial charge in [0.2, 0.25) is 0 Å². The van der Waals surface area contributed by atoms with Gasteiger partial charge in [-0.1, -0.05) is 0 Å². The van der Waals surface area contributed by atoms with Gasteiger partial charge < -0.3 is 23.8 Å². The van der Waals surface area contributed by atoms with Crippen LogP contribution in [0.25, 0.3) is 0 Å². The van der Waals surface area contributed by atoms with Gasteiger partial charge in [-0.2, -0.15) is 0 Å². The van der Waals surface area contributed by atoms with Crippen molar-refractivity contribution in [3.63, 3.8) is 0 Å². The summed E-state index contributed by atoms with van der Waals surface area (Å²) >= 11 is 0. The minimum atomic E-state index is -4.26. The Hall–Kier alpha value is 0.0799. The van der Waals surface area contributed by atoms with Crippen molar-refractivity contribution in [3.05, 3.63) is 0 Å². The van der Waals surface area contributed by atoms with E-state index in [2.05, 4.69) is 0 Å². The predicted octanol–water partition coefficient (Wildman–Crippen LogP) is -0.283. The average Bonchev–Trinajstić information content (AvgIpc) is 3.05. The van der Waals surface area contributed by atoms with Gasteiger partial charge >= 0.3 is 7.82 Å². The number of hydrogen-bond acceptors (Lipinski definition) is 7. The van der Waals surface area contributed by atoms with Crippen LogP contribution in [0.2, 0.25) is 0 Å². The molecule has 1 N–H and O–H groups in total. The fourth-order valence-corrected chi connectivity index (χ4v) is 3.40. The summed E-state index contributed by atoms with van der Waals surface area (Å²) < 4.78 is 43.0. The highest BCUT2D eigenvalue weighted by Gasteiger charge is 2.37. The lowest BCUT2D eigenvalue weighted by Crippen LogP contribution is -2.29. The largest absolute Gasteiger partial charge is 0.472 e. The van der Waals surface area contributed by atoms with Gasteiger partial charge in [0.25, 0.3) is 0 Å². The number of phosphoric acid groups is 1. The summed E-state index contributed by atoms with van der Waals surface area (Å²) in [5.41, 5.74) is 0. The number of phosphoric ester groups is 1. The number of hydrogen-bond donors (Lipinski definition) is 1. The molecule has 7 atom stereocenters. The summed E-state index contributed by atoms with van der Waals surface area (Å²) in [5, 5.41) is 0. The second kappa shape index (κ2) is 8.45. The zero-order chi connectivity index (χ0) is 17.0. The third-order valence-electron chi connectivity index (χ3n) is 3.87. The number of methoxy groups -OCH3 is 2. The average molecular weight is 346 g/mol. The lowest BCUT2D eigenvalue weighted by Gasteiger charge is -2.21. The van der Waals surface area contributed by atoms with Crippen LogP contribution < -0.4 is 0 Å². The molecule has 11 heteroatoms. The molecule has 0 aromatic heterocycles. The summed E-state index contributed by atoms with van der Waals surface area (Å²) in [6.07, 6.45) is -0.656. The molecular weight excluding hydrogens is 325 g/mol. The van der Waals surface area contributed by atoms with Gasteiger partial charge in [0.15, 0.2) is 0 Å². The zero-order valence-electron chi connectivity index (χ0n) is 13.2. The monoisotopic (exact) mass is 346 g/mol. The first kappa shape index (κ1) is 19.4. The van der Waals surface area contributed by atoms with Crippen LogP contribution in [0.1, 0.15) is 12.8 Å². The molecular formula is C12H21B2O8P. The minimum Gasteiger partial charge on any atom is -0.380 e. The molecule has 0 bridgehead atoms. The second-order valence-electron chi connectivity index (χ2n) is 5.51. The SMILES string of the molecule is [B]C1CC(OC)C(COP(=O)(O)OC[C@H]2O[C@@H]([B])CC2OC)O1. The topological polar surface area (TPSA) is 92.7 Å². The third kappa shape index (κ3) is 5.54. The highest BCUT2D eigenvalue weighted by molar-refractivity contribution is 7.47. The Morgan fingerprint density at radius 3 is 1.74 bits per heavy atom. The molecule has 23 heavy (non-hydrogen) atoms. The molecule has 0 saturated carbocycles. The van der Waals surface area contributed by atoms with E-state index < -0.39 is 32.0 Å². The maximum absolute atomic E-state index is 11.9. The first-order valence-electron chi connectivity index (χ1n) is 7.34. The Morgan fingerprint density at radius 2 is 1.39 bits per heavy atom. The standard InChI is InChI=1S/C12H21B2O8P/c1-17-7-3-11(13)21-9(7)5-19-23(15,16)20-6-10-8(18-2)4-12(14)22-10/h7-12H,3-6H2,1-2H3,(H,15,16)/t7?,8?,9-,10?,11-,12?/m1/s1. The van der Waals surface area contributed by atoms with Gasteiger partial charge in [-0.3, -0.25) is 9.05 Å². The van der Waals surface area contributed by atoms with E-state index in [0.29, 0.717) is 12.8 Å². The van der Waals surface area contributed by atoms with E-state index in [9.17, 15) is 9.46 Å². The molecule has 0 aromatic carbocycles. The van der Waals surface area contributed by atoms with Crippen molar-refractivity contribution in [1.29, 1.82) is 0 Å². The van der Waals surface area contributed by atoms with Crippen LogP contribution in [-0.4, -0.2) is 84.4 Å². The highest BCUT2D eigenvalue weighted by Crippen LogP contribution is 2.44. The molecule has 4 radical (unpaired) electrons. The van der Waals surface area contributed by atoms with E-state index in [-0.39, 0.29) is 25.4 Å². The van der Waals surface area contributed by atoms with Crippen molar-refractivity contribution in [2.75, 3.05) is 27.4 Å². The molecule has 2 saturated heterocycles. The Balaban J connectivity index is 1.77. The van der Waals surface area contributed by atoms with E-state index in [1.807, 2.05) is 0 Å². The van der Waals surface area contributed by atoms with Crippen LogP contribution in [0.15, 0.2) is 0 Å². The lowest BCUT2D eigenvalue weighted by atomic mass is 9.96. The van der Waals surface area contributed by atoms with Crippen molar-refractivity contribution in [1.82, 2.24) is 0 Å². The molecule has 0 aromatic rings. The predicted molar refractivity (Wildman–Crippen MR) is 81.4 cm³/mol. The van der Waals surface area contributed by atoms with E-state index in [1.54, 1.807) is 0 Å². The van der Waals surface area contributed by atoms with E-state index in [1.165, 1.54) is 14.2 Å². The maximum Gasteiger partial charge on any atom is 0.472 e. The second-order valence-corrected chi connectivity index (χ2v) is 6.96. The van der Waals surface area contributed by atoms with Crippen LogP contribution in [0.4, 0.5) is 0 Å². The van der Waals surface area contributed by atoms with Crippen molar-refractivity contribution < 1.29 is 37.5 Å². The Bertz CT molecular complexity index is 394. The van der Waals surface area contributed by atoms with Crippen LogP contribution in [0, 0.1) is 0 Å². The van der Waals surface area contributed by atoms with Crippen LogP contribution >= 0.6 is 7.82 Å². The Kier molecular flexibility index (Phi) is 7.13. The smallest absolute Gasteiger partial charge is 0.380 e. The van der Waals surface area contributed by atoms with Gasteiger partial charge in [-0.15, -0.1) is 0 Å². The number of rotatable bonds is 8. The molecule has 2 aliphatic heterocycles. The van der Waals surface area contributed by atoms with Crippen molar-refractivity contribution in [2.24, 2.45) is 0 Å². The summed E-state index contributed by atoms with van der Waals surface area (Å²) in [6.45, 7) is -0.336. The Morgan fingerprint density at radius 1 is 1.00 bits per heavy atom. The molecule has 0 spiro atoms. The van der Waals surface area contributed by atoms with Crippen molar-refractivity contribution in [2.45, 2.75) is 49.3 Å². The van der Waals surface area contributed by atoms with Crippen molar-refractivity contribution in [3.8, 4) is 0 Å². The molecule has 128 valence electrons. The lowest BCUT2D eigenvalue weighted by molar-refractivity contribution is -0.0361. The van der Waals surface area contributed by atoms with Crippen molar-refractivity contribution >= 4 is 23.5 Å². The van der Waals surface area contributed by atoms with Crippen LogP contribution in [-0.2, 0) is 32.6 Å². The summed E-state index contributed by atoms with van der Waals surface area (Å²) in [5.74, 6) is 0. The van der Waals surface area contributed by atoms with Gasteiger partial charge in [0.05, 0.1) is 25.4 Å². The minimum absolute atomic E-state index is 0.168. The first-order chi connectivity index (χ1) is 10.8. The van der Waals surface area contributed by atoms with Crippen LogP contribution in [0.5, 0.6) is 0 Å². The summed E-state index contributed by atoms with van der Waals surface area (Å²) in [6, 6.07) is -0.966. The molecule has 2 rings (SSSR count). The summed E-state index contributed by atoms with van der Waals surface area (Å²) in [4.78, 5) is 9.74. The Labute approximate surface area is 138 Å². The van der Waals surface area contributed by atoms with E-state index in [0.717, 1.165) is 0 Å². The quantitative estimate of drug-likeness (QED) is 0.474. The van der Waals surface area contributed by atoms with Gasteiger partial charge in [0, 0.05) is 26.2 Å². The van der Waals surface area contributed by atoms with Gasteiger partial charge in [0.1, 0.15) is 27.9 Å². The van der Waals surface area contributed by atoms with Gasteiger partial charge in [-0.25, -0.2) is 4.57 Å². The normalized spacial score (nSPS) is 40.3. The third-order valence-corrected chi connectivity index (χ3v) is 4.82. The molecule has 2 fully saturated rings. The molecule has 2 heterocycles. The molecule has 0 aliphatic carbocycles. The zero-order valence-corrected chi connectivity index (χ0v) is 14.1. The van der Waals surface area contributed by atoms with Crippen LogP contribution in [0.3, 0.4) is 0 Å². The molecule has 2 aliphatic rings. The molecule has 5 unspecified atom stereocenters. The molecule has 0 amide bonds.